The lowest BCUT2D eigenvalue weighted by Gasteiger charge is -2.15. The van der Waals surface area contributed by atoms with Gasteiger partial charge in [0, 0.05) is 10.8 Å². The second-order valence-corrected chi connectivity index (χ2v) is 11.9. The zero-order valence-electron chi connectivity index (χ0n) is 26.3. The summed E-state index contributed by atoms with van der Waals surface area (Å²) >= 11 is 0. The minimum atomic E-state index is 0.451. The summed E-state index contributed by atoms with van der Waals surface area (Å²) in [5, 5.41) is 31.7. The SMILES string of the molecule is N#Cc1ccc(-c2ccc3c(c2)c2ccccc2n3-c2cc(-c3cc(-c4ccccc4)cc(-c4ccccc4)c3)ccc2C#N)c(C#N)c1. The zero-order valence-corrected chi connectivity index (χ0v) is 26.3. The molecule has 7 aromatic carbocycles. The lowest BCUT2D eigenvalue weighted by Crippen LogP contribution is -1.98. The van der Waals surface area contributed by atoms with Crippen molar-refractivity contribution in [2.24, 2.45) is 0 Å². The van der Waals surface area contributed by atoms with E-state index < -0.39 is 0 Å². The molecule has 0 saturated heterocycles. The highest BCUT2D eigenvalue weighted by Crippen LogP contribution is 2.39. The highest BCUT2D eigenvalue weighted by molar-refractivity contribution is 6.10. The number of nitrogens with zero attached hydrogens (tertiary/aromatic N) is 4. The standard InChI is InChI=1S/C45H26N4/c46-27-30-15-19-40(39(21-30)29-48)34-18-20-44-42(25-34)41-13-7-8-14-43(41)49(44)45-26-33(16-17-35(45)28-47)38-23-36(31-9-3-1-4-10-31)22-37(24-38)32-11-5-2-6-12-32/h1-26H. The highest BCUT2D eigenvalue weighted by atomic mass is 15.0. The first-order valence-corrected chi connectivity index (χ1v) is 15.9. The molecule has 0 radical (unpaired) electrons. The predicted molar refractivity (Wildman–Crippen MR) is 197 cm³/mol. The minimum absolute atomic E-state index is 0.451. The van der Waals surface area contributed by atoms with Crippen LogP contribution in [0.2, 0.25) is 0 Å². The fraction of sp³-hybridized carbons (Fsp3) is 0. The van der Waals surface area contributed by atoms with Crippen LogP contribution in [0.15, 0.2) is 158 Å². The number of hydrogen-bond acceptors (Lipinski definition) is 3. The number of rotatable bonds is 5. The van der Waals surface area contributed by atoms with Crippen LogP contribution in [0.3, 0.4) is 0 Å². The Kier molecular flexibility index (Phi) is 7.28. The van der Waals surface area contributed by atoms with Gasteiger partial charge in [-0.2, -0.15) is 15.8 Å². The zero-order chi connectivity index (χ0) is 33.3. The fourth-order valence-electron chi connectivity index (χ4n) is 6.74. The van der Waals surface area contributed by atoms with Crippen LogP contribution in [0.25, 0.3) is 72.0 Å². The molecule has 4 nitrogen and oxygen atoms in total. The van der Waals surface area contributed by atoms with E-state index in [1.54, 1.807) is 12.1 Å². The molecule has 4 heteroatoms. The molecule has 8 aromatic rings. The Balaban J connectivity index is 1.34. The number of hydrogen-bond donors (Lipinski definition) is 0. The van der Waals surface area contributed by atoms with Gasteiger partial charge in [0.05, 0.1) is 45.5 Å². The average Bonchev–Trinajstić information content (AvgIpc) is 3.51. The molecule has 0 fully saturated rings. The monoisotopic (exact) mass is 622 g/mol. The van der Waals surface area contributed by atoms with E-state index >= 15 is 0 Å². The lowest BCUT2D eigenvalue weighted by atomic mass is 9.93. The van der Waals surface area contributed by atoms with Crippen LogP contribution in [-0.4, -0.2) is 4.57 Å². The molecule has 226 valence electrons. The predicted octanol–water partition coefficient (Wildman–Crippen LogP) is 11.1. The normalized spacial score (nSPS) is 10.8. The summed E-state index contributed by atoms with van der Waals surface area (Å²) in [7, 11) is 0. The van der Waals surface area contributed by atoms with E-state index in [4.69, 9.17) is 0 Å². The van der Waals surface area contributed by atoms with Gasteiger partial charge in [-0.05, 0) is 105 Å². The van der Waals surface area contributed by atoms with Crippen LogP contribution in [-0.2, 0) is 0 Å². The van der Waals surface area contributed by atoms with Crippen molar-refractivity contribution in [3.8, 4) is 68.4 Å². The van der Waals surface area contributed by atoms with E-state index in [1.165, 1.54) is 0 Å². The molecular weight excluding hydrogens is 597 g/mol. The number of nitriles is 3. The smallest absolute Gasteiger partial charge is 0.101 e. The Bertz CT molecular complexity index is 2620. The van der Waals surface area contributed by atoms with E-state index in [-0.39, 0.29) is 0 Å². The molecule has 0 aliphatic carbocycles. The first kappa shape index (κ1) is 29.2. The van der Waals surface area contributed by atoms with Gasteiger partial charge in [0.15, 0.2) is 0 Å². The summed E-state index contributed by atoms with van der Waals surface area (Å²) in [6, 6.07) is 59.9. The lowest BCUT2D eigenvalue weighted by molar-refractivity contribution is 1.17. The number of fused-ring (bicyclic) bond motifs is 3. The second-order valence-electron chi connectivity index (χ2n) is 11.9. The van der Waals surface area contributed by atoms with Gasteiger partial charge in [-0.3, -0.25) is 0 Å². The van der Waals surface area contributed by atoms with Crippen LogP contribution in [0.4, 0.5) is 0 Å². The Morgan fingerprint density at radius 3 is 1.61 bits per heavy atom. The Hall–Kier alpha value is -7.19. The summed E-state index contributed by atoms with van der Waals surface area (Å²) < 4.78 is 2.17. The van der Waals surface area contributed by atoms with Gasteiger partial charge in [-0.25, -0.2) is 0 Å². The molecular formula is C45H26N4. The maximum atomic E-state index is 10.4. The molecule has 0 unspecified atom stereocenters. The van der Waals surface area contributed by atoms with Crippen molar-refractivity contribution in [2.75, 3.05) is 0 Å². The molecule has 8 rings (SSSR count). The van der Waals surface area contributed by atoms with Crippen molar-refractivity contribution in [2.45, 2.75) is 0 Å². The van der Waals surface area contributed by atoms with Crippen molar-refractivity contribution >= 4 is 21.8 Å². The van der Waals surface area contributed by atoms with Crippen molar-refractivity contribution in [1.29, 1.82) is 15.8 Å². The second kappa shape index (κ2) is 12.2. The molecule has 0 aliphatic rings. The maximum absolute atomic E-state index is 10.4. The molecule has 1 aromatic heterocycles. The Morgan fingerprint density at radius 1 is 0.367 bits per heavy atom. The molecule has 0 atom stereocenters. The Morgan fingerprint density at radius 2 is 0.959 bits per heavy atom. The van der Waals surface area contributed by atoms with Crippen molar-refractivity contribution in [1.82, 2.24) is 4.57 Å². The average molecular weight is 623 g/mol. The Labute approximate surface area is 284 Å². The quantitative estimate of drug-likeness (QED) is 0.192. The van der Waals surface area contributed by atoms with Gasteiger partial charge in [-0.1, -0.05) is 97.1 Å². The molecule has 1 heterocycles. The number of aromatic nitrogens is 1. The van der Waals surface area contributed by atoms with Gasteiger partial charge in [-0.15, -0.1) is 0 Å². The van der Waals surface area contributed by atoms with E-state index in [1.807, 2.05) is 48.5 Å². The highest BCUT2D eigenvalue weighted by Gasteiger charge is 2.18. The summed E-state index contributed by atoms with van der Waals surface area (Å²) in [5.74, 6) is 0. The molecule has 0 amide bonds. The van der Waals surface area contributed by atoms with E-state index in [9.17, 15) is 15.8 Å². The summed E-state index contributed by atoms with van der Waals surface area (Å²) in [6.07, 6.45) is 0. The van der Waals surface area contributed by atoms with Gasteiger partial charge in [0.25, 0.3) is 0 Å². The van der Waals surface area contributed by atoms with Gasteiger partial charge >= 0.3 is 0 Å². The van der Waals surface area contributed by atoms with Crippen LogP contribution in [0.5, 0.6) is 0 Å². The molecule has 0 N–H and O–H groups in total. The summed E-state index contributed by atoms with van der Waals surface area (Å²) in [5.41, 5.74) is 12.4. The van der Waals surface area contributed by atoms with Crippen molar-refractivity contribution in [3.05, 3.63) is 174 Å². The molecule has 0 aliphatic heterocycles. The summed E-state index contributed by atoms with van der Waals surface area (Å²) in [4.78, 5) is 0. The maximum Gasteiger partial charge on any atom is 0.101 e. The van der Waals surface area contributed by atoms with Crippen LogP contribution < -0.4 is 0 Å². The number of benzene rings is 7. The van der Waals surface area contributed by atoms with Crippen molar-refractivity contribution < 1.29 is 0 Å². The topological polar surface area (TPSA) is 76.3 Å². The van der Waals surface area contributed by atoms with Gasteiger partial charge in [0.2, 0.25) is 0 Å². The first-order chi connectivity index (χ1) is 24.1. The van der Waals surface area contributed by atoms with E-state index in [2.05, 4.69) is 120 Å². The van der Waals surface area contributed by atoms with Crippen LogP contribution in [0, 0.1) is 34.0 Å². The van der Waals surface area contributed by atoms with Crippen LogP contribution in [0.1, 0.15) is 16.7 Å². The third-order valence-corrected chi connectivity index (χ3v) is 9.09. The first-order valence-electron chi connectivity index (χ1n) is 15.9. The van der Waals surface area contributed by atoms with Crippen LogP contribution >= 0.6 is 0 Å². The van der Waals surface area contributed by atoms with Gasteiger partial charge < -0.3 is 4.57 Å². The third-order valence-electron chi connectivity index (χ3n) is 9.09. The molecule has 49 heavy (non-hydrogen) atoms. The largest absolute Gasteiger partial charge is 0.308 e. The minimum Gasteiger partial charge on any atom is -0.308 e. The van der Waals surface area contributed by atoms with Crippen molar-refractivity contribution in [3.63, 3.8) is 0 Å². The van der Waals surface area contributed by atoms with E-state index in [0.29, 0.717) is 16.7 Å². The fourth-order valence-corrected chi connectivity index (χ4v) is 6.74. The third kappa shape index (κ3) is 5.19. The van der Waals surface area contributed by atoms with E-state index in [0.717, 1.165) is 72.0 Å². The summed E-state index contributed by atoms with van der Waals surface area (Å²) in [6.45, 7) is 0. The molecule has 0 saturated carbocycles. The van der Waals surface area contributed by atoms with Gasteiger partial charge in [0.1, 0.15) is 6.07 Å². The number of para-hydroxylation sites is 1. The molecule has 0 spiro atoms. The molecule has 0 bridgehead atoms.